The van der Waals surface area contributed by atoms with Crippen molar-refractivity contribution >= 4 is 5.91 Å². The number of nitrogens with zero attached hydrogens (tertiary/aromatic N) is 2. The van der Waals surface area contributed by atoms with E-state index in [-0.39, 0.29) is 17.8 Å². The Balaban J connectivity index is 1.57. The predicted octanol–water partition coefficient (Wildman–Crippen LogP) is 2.26. The van der Waals surface area contributed by atoms with Crippen molar-refractivity contribution in [2.75, 3.05) is 13.1 Å². The van der Waals surface area contributed by atoms with Crippen LogP contribution in [-0.4, -0.2) is 35.0 Å². The number of benzene rings is 1. The quantitative estimate of drug-likeness (QED) is 0.871. The molecule has 0 atom stereocenters. The predicted molar refractivity (Wildman–Crippen MR) is 70.9 cm³/mol. The maximum absolute atomic E-state index is 13.4. The minimum atomic E-state index is -0.746. The van der Waals surface area contributed by atoms with E-state index in [1.54, 1.807) is 29.3 Å². The van der Waals surface area contributed by atoms with Crippen molar-refractivity contribution in [3.8, 4) is 5.75 Å². The van der Waals surface area contributed by atoms with E-state index in [0.29, 0.717) is 18.8 Å². The van der Waals surface area contributed by atoms with Crippen molar-refractivity contribution in [1.82, 2.24) is 9.88 Å². The summed E-state index contributed by atoms with van der Waals surface area (Å²) in [5.41, 5.74) is 0.365. The smallest absolute Gasteiger partial charge is 0.272 e. The third kappa shape index (κ3) is 2.84. The number of pyridine rings is 1. The molecule has 6 heteroatoms. The summed E-state index contributed by atoms with van der Waals surface area (Å²) in [4.78, 5) is 17.6. The van der Waals surface area contributed by atoms with Gasteiger partial charge >= 0.3 is 0 Å². The summed E-state index contributed by atoms with van der Waals surface area (Å²) in [6.45, 7) is 0.707. The molecule has 108 valence electrons. The first-order valence-corrected chi connectivity index (χ1v) is 6.45. The highest BCUT2D eigenvalue weighted by molar-refractivity contribution is 5.92. The fourth-order valence-electron chi connectivity index (χ4n) is 2.08. The van der Waals surface area contributed by atoms with Gasteiger partial charge in [0.05, 0.1) is 13.1 Å². The van der Waals surface area contributed by atoms with Gasteiger partial charge < -0.3 is 9.64 Å². The van der Waals surface area contributed by atoms with Gasteiger partial charge in [-0.25, -0.2) is 8.78 Å². The van der Waals surface area contributed by atoms with Crippen LogP contribution in [0.1, 0.15) is 10.5 Å². The molecule has 1 amide bonds. The van der Waals surface area contributed by atoms with E-state index in [1.807, 2.05) is 0 Å². The molecule has 0 saturated carbocycles. The lowest BCUT2D eigenvalue weighted by Gasteiger charge is -2.38. The number of hydrogen-bond donors (Lipinski definition) is 0. The molecule has 2 aromatic rings. The fraction of sp³-hybridized carbons (Fsp3) is 0.200. The monoisotopic (exact) mass is 290 g/mol. The zero-order valence-electron chi connectivity index (χ0n) is 11.0. The Morgan fingerprint density at radius 1 is 1.24 bits per heavy atom. The number of carbonyl (C=O) groups is 1. The van der Waals surface area contributed by atoms with E-state index in [1.165, 1.54) is 6.07 Å². The molecule has 21 heavy (non-hydrogen) atoms. The number of likely N-dealkylation sites (tertiary alicyclic amines) is 1. The summed E-state index contributed by atoms with van der Waals surface area (Å²) >= 11 is 0. The Morgan fingerprint density at radius 2 is 2.05 bits per heavy atom. The van der Waals surface area contributed by atoms with Crippen LogP contribution in [0.15, 0.2) is 42.6 Å². The van der Waals surface area contributed by atoms with Crippen molar-refractivity contribution in [3.63, 3.8) is 0 Å². The minimum absolute atomic E-state index is 0.00802. The molecular weight excluding hydrogens is 278 g/mol. The van der Waals surface area contributed by atoms with Crippen LogP contribution in [0.25, 0.3) is 0 Å². The van der Waals surface area contributed by atoms with Crippen molar-refractivity contribution in [3.05, 3.63) is 59.9 Å². The fourth-order valence-corrected chi connectivity index (χ4v) is 2.08. The van der Waals surface area contributed by atoms with Gasteiger partial charge in [-0.2, -0.15) is 0 Å². The molecule has 0 unspecified atom stereocenters. The molecule has 1 saturated heterocycles. The highest BCUT2D eigenvalue weighted by Gasteiger charge is 2.33. The van der Waals surface area contributed by atoms with E-state index < -0.39 is 11.6 Å². The van der Waals surface area contributed by atoms with Gasteiger partial charge in [0.1, 0.15) is 17.6 Å². The number of rotatable bonds is 3. The SMILES string of the molecule is O=C(c1ccccn1)N1CC(Oc2ccc(F)cc2F)C1. The summed E-state index contributed by atoms with van der Waals surface area (Å²) in [6, 6.07) is 8.25. The molecule has 1 fully saturated rings. The Bertz CT molecular complexity index is 658. The van der Waals surface area contributed by atoms with Crippen molar-refractivity contribution < 1.29 is 18.3 Å². The lowest BCUT2D eigenvalue weighted by atomic mass is 10.1. The Labute approximate surface area is 120 Å². The first-order chi connectivity index (χ1) is 10.1. The van der Waals surface area contributed by atoms with Gasteiger partial charge in [-0.1, -0.05) is 6.07 Å². The average molecular weight is 290 g/mol. The zero-order chi connectivity index (χ0) is 14.8. The Hall–Kier alpha value is -2.50. The van der Waals surface area contributed by atoms with Crippen molar-refractivity contribution in [1.29, 1.82) is 0 Å². The number of halogens is 2. The van der Waals surface area contributed by atoms with Gasteiger partial charge in [0.25, 0.3) is 5.91 Å². The molecule has 0 spiro atoms. The standard InChI is InChI=1S/C15H12F2N2O2/c16-10-4-5-14(12(17)7-10)21-11-8-19(9-11)15(20)13-3-1-2-6-18-13/h1-7,11H,8-9H2. The second-order valence-corrected chi connectivity index (χ2v) is 4.74. The summed E-state index contributed by atoms with van der Waals surface area (Å²) in [7, 11) is 0. The molecule has 1 aromatic carbocycles. The van der Waals surface area contributed by atoms with Crippen LogP contribution in [0.4, 0.5) is 8.78 Å². The number of carbonyl (C=O) groups excluding carboxylic acids is 1. The molecule has 0 N–H and O–H groups in total. The molecule has 1 aliphatic heterocycles. The molecular formula is C15H12F2N2O2. The third-order valence-corrected chi connectivity index (χ3v) is 3.21. The zero-order valence-corrected chi connectivity index (χ0v) is 11.0. The van der Waals surface area contributed by atoms with Crippen LogP contribution in [0.2, 0.25) is 0 Å². The number of hydrogen-bond acceptors (Lipinski definition) is 3. The topological polar surface area (TPSA) is 42.4 Å². The van der Waals surface area contributed by atoms with Crippen LogP contribution >= 0.6 is 0 Å². The highest BCUT2D eigenvalue weighted by atomic mass is 19.1. The van der Waals surface area contributed by atoms with Gasteiger partial charge in [-0.3, -0.25) is 9.78 Å². The average Bonchev–Trinajstić information content (AvgIpc) is 2.44. The van der Waals surface area contributed by atoms with E-state index in [4.69, 9.17) is 4.74 Å². The molecule has 2 heterocycles. The number of amides is 1. The van der Waals surface area contributed by atoms with Crippen LogP contribution < -0.4 is 4.74 Å². The Kier molecular flexibility index (Phi) is 3.51. The summed E-state index contributed by atoms with van der Waals surface area (Å²) in [6.07, 6.45) is 1.26. The molecule has 1 aliphatic rings. The summed E-state index contributed by atoms with van der Waals surface area (Å²) in [5, 5.41) is 0. The first-order valence-electron chi connectivity index (χ1n) is 6.45. The number of aromatic nitrogens is 1. The van der Waals surface area contributed by atoms with Crippen molar-refractivity contribution in [2.45, 2.75) is 6.10 Å². The first kappa shape index (κ1) is 13.5. The normalized spacial score (nSPS) is 14.7. The highest BCUT2D eigenvalue weighted by Crippen LogP contribution is 2.23. The van der Waals surface area contributed by atoms with Gasteiger partial charge in [-0.15, -0.1) is 0 Å². The maximum atomic E-state index is 13.4. The second kappa shape index (κ2) is 5.47. The van der Waals surface area contributed by atoms with Crippen LogP contribution in [-0.2, 0) is 0 Å². The van der Waals surface area contributed by atoms with E-state index in [0.717, 1.165) is 12.1 Å². The molecule has 4 nitrogen and oxygen atoms in total. The summed E-state index contributed by atoms with van der Waals surface area (Å²) < 4.78 is 31.6. The lowest BCUT2D eigenvalue weighted by Crippen LogP contribution is -2.56. The molecule has 3 rings (SSSR count). The minimum Gasteiger partial charge on any atom is -0.484 e. The van der Waals surface area contributed by atoms with E-state index in [2.05, 4.69) is 4.98 Å². The van der Waals surface area contributed by atoms with E-state index >= 15 is 0 Å². The van der Waals surface area contributed by atoms with Crippen molar-refractivity contribution in [2.24, 2.45) is 0 Å². The van der Waals surface area contributed by atoms with Crippen LogP contribution in [0.3, 0.4) is 0 Å². The van der Waals surface area contributed by atoms with Crippen LogP contribution in [0, 0.1) is 11.6 Å². The Morgan fingerprint density at radius 3 is 2.71 bits per heavy atom. The van der Waals surface area contributed by atoms with Gasteiger partial charge in [0, 0.05) is 12.3 Å². The maximum Gasteiger partial charge on any atom is 0.272 e. The van der Waals surface area contributed by atoms with Gasteiger partial charge in [0.2, 0.25) is 0 Å². The van der Waals surface area contributed by atoms with Crippen LogP contribution in [0.5, 0.6) is 5.75 Å². The molecule has 0 aliphatic carbocycles. The molecule has 1 aromatic heterocycles. The summed E-state index contributed by atoms with van der Waals surface area (Å²) in [5.74, 6) is -1.59. The molecule has 0 radical (unpaired) electrons. The van der Waals surface area contributed by atoms with Gasteiger partial charge in [-0.05, 0) is 24.3 Å². The molecule has 0 bridgehead atoms. The number of ether oxygens (including phenoxy) is 1. The second-order valence-electron chi connectivity index (χ2n) is 4.74. The van der Waals surface area contributed by atoms with E-state index in [9.17, 15) is 13.6 Å². The third-order valence-electron chi connectivity index (χ3n) is 3.21. The largest absolute Gasteiger partial charge is 0.484 e. The van der Waals surface area contributed by atoms with Gasteiger partial charge in [0.15, 0.2) is 11.6 Å². The lowest BCUT2D eigenvalue weighted by molar-refractivity contribution is 0.0159.